The van der Waals surface area contributed by atoms with Crippen LogP contribution in [0.25, 0.3) is 0 Å². The number of halogens is 1. The number of hydrogen-bond donors (Lipinski definition) is 1. The molecule has 0 unspecified atom stereocenters. The first-order valence-corrected chi connectivity index (χ1v) is 6.75. The van der Waals surface area contributed by atoms with Crippen LogP contribution in [0.3, 0.4) is 0 Å². The van der Waals surface area contributed by atoms with Gasteiger partial charge in [0.1, 0.15) is 11.5 Å². The molecule has 0 heterocycles. The maximum Gasteiger partial charge on any atom is 0.150 e. The highest BCUT2D eigenvalue weighted by Crippen LogP contribution is 2.36. The molecular weight excluding hydrogens is 258 g/mol. The third-order valence-corrected chi connectivity index (χ3v) is 3.32. The highest BCUT2D eigenvalue weighted by molar-refractivity contribution is 6.32. The van der Waals surface area contributed by atoms with Crippen LogP contribution < -0.4 is 10.5 Å². The molecule has 0 atom stereocenters. The first-order chi connectivity index (χ1) is 9.13. The SMILES string of the molecule is CC(C)c1ccccc1Oc1c(Cl)cccc1CN. The van der Waals surface area contributed by atoms with Gasteiger partial charge in [-0.25, -0.2) is 0 Å². The molecule has 0 aliphatic rings. The maximum absolute atomic E-state index is 6.21. The van der Waals surface area contributed by atoms with E-state index in [9.17, 15) is 0 Å². The van der Waals surface area contributed by atoms with E-state index < -0.39 is 0 Å². The molecule has 2 rings (SSSR count). The number of rotatable bonds is 4. The Bertz CT molecular complexity index is 566. The molecule has 0 saturated carbocycles. The molecule has 2 aromatic carbocycles. The second-order valence-corrected chi connectivity index (χ2v) is 5.13. The third kappa shape index (κ3) is 3.09. The van der Waals surface area contributed by atoms with Gasteiger partial charge in [0.15, 0.2) is 0 Å². The molecule has 0 radical (unpaired) electrons. The van der Waals surface area contributed by atoms with Crippen molar-refractivity contribution in [2.24, 2.45) is 5.73 Å². The molecule has 0 aliphatic carbocycles. The smallest absolute Gasteiger partial charge is 0.150 e. The van der Waals surface area contributed by atoms with Gasteiger partial charge in [0.05, 0.1) is 5.02 Å². The fourth-order valence-electron chi connectivity index (χ4n) is 1.99. The van der Waals surface area contributed by atoms with Crippen molar-refractivity contribution in [2.45, 2.75) is 26.3 Å². The summed E-state index contributed by atoms with van der Waals surface area (Å²) in [5, 5.41) is 0.585. The largest absolute Gasteiger partial charge is 0.455 e. The van der Waals surface area contributed by atoms with E-state index in [0.29, 0.717) is 23.2 Å². The number of para-hydroxylation sites is 2. The van der Waals surface area contributed by atoms with Crippen molar-refractivity contribution < 1.29 is 4.74 Å². The van der Waals surface area contributed by atoms with Crippen LogP contribution in [0.5, 0.6) is 11.5 Å². The third-order valence-electron chi connectivity index (χ3n) is 3.02. The lowest BCUT2D eigenvalue weighted by atomic mass is 10.0. The lowest BCUT2D eigenvalue weighted by Gasteiger charge is -2.16. The average Bonchev–Trinajstić information content (AvgIpc) is 2.41. The van der Waals surface area contributed by atoms with Gasteiger partial charge in [0, 0.05) is 12.1 Å². The molecule has 2 aromatic rings. The molecule has 0 spiro atoms. The van der Waals surface area contributed by atoms with Gasteiger partial charge in [-0.15, -0.1) is 0 Å². The topological polar surface area (TPSA) is 35.2 Å². The zero-order valence-corrected chi connectivity index (χ0v) is 11.9. The summed E-state index contributed by atoms with van der Waals surface area (Å²) in [5.74, 6) is 1.88. The molecule has 0 saturated heterocycles. The van der Waals surface area contributed by atoms with Gasteiger partial charge in [-0.05, 0) is 23.6 Å². The van der Waals surface area contributed by atoms with Gasteiger partial charge >= 0.3 is 0 Å². The molecule has 0 amide bonds. The van der Waals surface area contributed by atoms with Gasteiger partial charge in [-0.3, -0.25) is 0 Å². The average molecular weight is 276 g/mol. The van der Waals surface area contributed by atoms with Gasteiger partial charge in [-0.1, -0.05) is 55.8 Å². The molecule has 0 aromatic heterocycles. The van der Waals surface area contributed by atoms with E-state index in [0.717, 1.165) is 16.9 Å². The van der Waals surface area contributed by atoms with Crippen LogP contribution in [0.1, 0.15) is 30.9 Å². The van der Waals surface area contributed by atoms with Gasteiger partial charge in [0.2, 0.25) is 0 Å². The predicted octanol–water partition coefficient (Wildman–Crippen LogP) is 4.71. The van der Waals surface area contributed by atoms with Crippen molar-refractivity contribution in [3.8, 4) is 11.5 Å². The Morgan fingerprint density at radius 3 is 2.53 bits per heavy atom. The Hall–Kier alpha value is -1.51. The zero-order chi connectivity index (χ0) is 13.8. The molecule has 0 bridgehead atoms. The van der Waals surface area contributed by atoms with Crippen molar-refractivity contribution in [1.29, 1.82) is 0 Å². The number of benzene rings is 2. The highest BCUT2D eigenvalue weighted by Gasteiger charge is 2.12. The molecule has 19 heavy (non-hydrogen) atoms. The van der Waals surface area contributed by atoms with E-state index >= 15 is 0 Å². The van der Waals surface area contributed by atoms with Crippen LogP contribution in [-0.2, 0) is 6.54 Å². The molecule has 2 nitrogen and oxygen atoms in total. The number of nitrogens with two attached hydrogens (primary N) is 1. The molecule has 0 fully saturated rings. The Morgan fingerprint density at radius 1 is 1.11 bits per heavy atom. The van der Waals surface area contributed by atoms with Crippen molar-refractivity contribution in [1.82, 2.24) is 0 Å². The van der Waals surface area contributed by atoms with Crippen molar-refractivity contribution in [2.75, 3.05) is 0 Å². The lowest BCUT2D eigenvalue weighted by Crippen LogP contribution is -2.01. The summed E-state index contributed by atoms with van der Waals surface area (Å²) < 4.78 is 6.01. The van der Waals surface area contributed by atoms with Crippen LogP contribution >= 0.6 is 11.6 Å². The summed E-state index contributed by atoms with van der Waals surface area (Å²) >= 11 is 6.21. The first kappa shape index (κ1) is 13.9. The van der Waals surface area contributed by atoms with E-state index in [1.54, 1.807) is 0 Å². The van der Waals surface area contributed by atoms with E-state index in [4.69, 9.17) is 22.1 Å². The normalized spacial score (nSPS) is 10.8. The lowest BCUT2D eigenvalue weighted by molar-refractivity contribution is 0.467. The minimum atomic E-state index is 0.389. The van der Waals surface area contributed by atoms with Crippen LogP contribution in [0.2, 0.25) is 5.02 Å². The highest BCUT2D eigenvalue weighted by atomic mass is 35.5. The standard InChI is InChI=1S/C16H18ClNO/c1-11(2)13-7-3-4-9-15(13)19-16-12(10-18)6-5-8-14(16)17/h3-9,11H,10,18H2,1-2H3. The summed E-state index contributed by atoms with van der Waals surface area (Å²) in [6, 6.07) is 13.6. The minimum Gasteiger partial charge on any atom is -0.455 e. The van der Waals surface area contributed by atoms with Crippen LogP contribution in [0.15, 0.2) is 42.5 Å². The summed E-state index contributed by atoms with van der Waals surface area (Å²) in [6.45, 7) is 4.68. The quantitative estimate of drug-likeness (QED) is 0.877. The van der Waals surface area contributed by atoms with Gasteiger partial charge in [0.25, 0.3) is 0 Å². The van der Waals surface area contributed by atoms with Gasteiger partial charge in [-0.2, -0.15) is 0 Å². The Morgan fingerprint density at radius 2 is 1.84 bits per heavy atom. The summed E-state index contributed by atoms with van der Waals surface area (Å²) in [4.78, 5) is 0. The molecule has 0 aliphatic heterocycles. The number of hydrogen-bond acceptors (Lipinski definition) is 2. The van der Waals surface area contributed by atoms with E-state index in [2.05, 4.69) is 19.9 Å². The zero-order valence-electron chi connectivity index (χ0n) is 11.2. The Labute approximate surface area is 119 Å². The second kappa shape index (κ2) is 6.09. The minimum absolute atomic E-state index is 0.389. The fourth-order valence-corrected chi connectivity index (χ4v) is 2.22. The maximum atomic E-state index is 6.21. The van der Waals surface area contributed by atoms with Crippen molar-refractivity contribution in [3.05, 3.63) is 58.6 Å². The van der Waals surface area contributed by atoms with Crippen LogP contribution in [0.4, 0.5) is 0 Å². The first-order valence-electron chi connectivity index (χ1n) is 6.37. The molecule has 100 valence electrons. The monoisotopic (exact) mass is 275 g/mol. The van der Waals surface area contributed by atoms with E-state index in [1.807, 2.05) is 36.4 Å². The van der Waals surface area contributed by atoms with Gasteiger partial charge < -0.3 is 10.5 Å². The van der Waals surface area contributed by atoms with E-state index in [-0.39, 0.29) is 0 Å². The van der Waals surface area contributed by atoms with E-state index in [1.165, 1.54) is 0 Å². The van der Waals surface area contributed by atoms with Crippen LogP contribution in [-0.4, -0.2) is 0 Å². The second-order valence-electron chi connectivity index (χ2n) is 4.73. The summed E-state index contributed by atoms with van der Waals surface area (Å²) in [6.07, 6.45) is 0. The van der Waals surface area contributed by atoms with Crippen LogP contribution in [0, 0.1) is 0 Å². The molecule has 3 heteroatoms. The summed E-state index contributed by atoms with van der Waals surface area (Å²) in [5.41, 5.74) is 7.80. The molecule has 2 N–H and O–H groups in total. The summed E-state index contributed by atoms with van der Waals surface area (Å²) in [7, 11) is 0. The molecular formula is C16H18ClNO. The number of ether oxygens (including phenoxy) is 1. The fraction of sp³-hybridized carbons (Fsp3) is 0.250. The Kier molecular flexibility index (Phi) is 4.46. The Balaban J connectivity index is 2.42. The van der Waals surface area contributed by atoms with Crippen molar-refractivity contribution >= 4 is 11.6 Å². The predicted molar refractivity (Wildman–Crippen MR) is 79.9 cm³/mol. The van der Waals surface area contributed by atoms with Crippen molar-refractivity contribution in [3.63, 3.8) is 0 Å².